The maximum atomic E-state index is 13.7. The number of hydrogen-bond acceptors (Lipinski definition) is 3. The summed E-state index contributed by atoms with van der Waals surface area (Å²) < 4.78 is 174. The van der Waals surface area contributed by atoms with Crippen LogP contribution in [0.5, 0.6) is 0 Å². The number of nitrogens with zero attached hydrogens (tertiary/aromatic N) is 1. The molecule has 0 aromatic carbocycles. The number of quaternary nitrogens is 1. The predicted molar refractivity (Wildman–Crippen MR) is 94.3 cm³/mol. The van der Waals surface area contributed by atoms with Crippen LogP contribution in [0.3, 0.4) is 0 Å². The van der Waals surface area contributed by atoms with Gasteiger partial charge < -0.3 is 14.3 Å². The van der Waals surface area contributed by atoms with Crippen molar-refractivity contribution in [2.75, 3.05) is 27.7 Å². The van der Waals surface area contributed by atoms with E-state index in [1.165, 1.54) is 0 Å². The maximum Gasteiger partial charge on any atom is 0.460 e. The number of unbranched alkanes of at least 4 members (excludes halogenated alkanes) is 1. The highest BCUT2D eigenvalue weighted by atomic mass is 19.4. The Balaban J connectivity index is 5.34. The third-order valence-electron chi connectivity index (χ3n) is 4.57. The average Bonchev–Trinajstić information content (AvgIpc) is 2.61. The summed E-state index contributed by atoms with van der Waals surface area (Å²) in [6, 6.07) is 0. The lowest BCUT2D eigenvalue weighted by Crippen LogP contribution is -2.70. The first-order valence-corrected chi connectivity index (χ1v) is 9.81. The number of alkyl halides is 13. The number of rotatable bonds is 14. The Labute approximate surface area is 195 Å². The van der Waals surface area contributed by atoms with Crippen LogP contribution in [0.15, 0.2) is 0 Å². The highest BCUT2D eigenvalue weighted by Gasteiger charge is 2.90. The van der Waals surface area contributed by atoms with Gasteiger partial charge >= 0.3 is 47.7 Å². The molecule has 0 bridgehead atoms. The summed E-state index contributed by atoms with van der Waals surface area (Å²) in [5, 5.41) is 8.81. The molecule has 0 heterocycles. The summed E-state index contributed by atoms with van der Waals surface area (Å²) in [6.45, 7) is -0.0335. The molecule has 1 atom stereocenters. The van der Waals surface area contributed by atoms with Gasteiger partial charge in [-0.2, -0.15) is 57.1 Å². The van der Waals surface area contributed by atoms with E-state index in [0.29, 0.717) is 0 Å². The summed E-state index contributed by atoms with van der Waals surface area (Å²) in [6.07, 6.45) is -14.7. The van der Waals surface area contributed by atoms with Gasteiger partial charge in [-0.3, -0.25) is 9.59 Å². The first kappa shape index (κ1) is 34.0. The second kappa shape index (κ2) is 10.8. The Morgan fingerprint density at radius 2 is 1.19 bits per heavy atom. The minimum atomic E-state index is -7.96. The molecule has 0 rings (SSSR count). The maximum absolute atomic E-state index is 13.7. The fourth-order valence-corrected chi connectivity index (χ4v) is 2.77. The van der Waals surface area contributed by atoms with E-state index in [2.05, 4.69) is 0 Å². The third-order valence-corrected chi connectivity index (χ3v) is 4.57. The number of ether oxygens (including phenoxy) is 1. The summed E-state index contributed by atoms with van der Waals surface area (Å²) in [4.78, 5) is 22.6. The Morgan fingerprint density at radius 1 is 0.750 bits per heavy atom. The van der Waals surface area contributed by atoms with Gasteiger partial charge in [-0.1, -0.05) is 0 Å². The van der Waals surface area contributed by atoms with Gasteiger partial charge in [0.15, 0.2) is 6.10 Å². The van der Waals surface area contributed by atoms with Crippen LogP contribution >= 0.6 is 0 Å². The van der Waals surface area contributed by atoms with Crippen molar-refractivity contribution in [1.29, 1.82) is 0 Å². The zero-order valence-electron chi connectivity index (χ0n) is 18.9. The lowest BCUT2D eigenvalue weighted by molar-refractivity contribution is -0.873. The molecule has 0 saturated heterocycles. The van der Waals surface area contributed by atoms with Gasteiger partial charge in [-0.15, -0.1) is 0 Å². The van der Waals surface area contributed by atoms with Gasteiger partial charge in [0.05, 0.1) is 27.6 Å². The quantitative estimate of drug-likeness (QED) is 0.133. The number of aliphatic carboxylic acids is 1. The molecule has 5 nitrogen and oxygen atoms in total. The van der Waals surface area contributed by atoms with Crippen molar-refractivity contribution < 1.29 is 81.0 Å². The van der Waals surface area contributed by atoms with E-state index in [1.807, 2.05) is 0 Å². The first-order chi connectivity index (χ1) is 15.6. The highest BCUT2D eigenvalue weighted by molar-refractivity contribution is 5.71. The molecule has 0 aromatic heterocycles. The molecule has 1 unspecified atom stereocenters. The molecule has 0 fully saturated rings. The zero-order chi connectivity index (χ0) is 29.2. The van der Waals surface area contributed by atoms with Crippen LogP contribution in [0.1, 0.15) is 32.1 Å². The van der Waals surface area contributed by atoms with Crippen LogP contribution < -0.4 is 0 Å². The van der Waals surface area contributed by atoms with E-state index >= 15 is 0 Å². The first-order valence-electron chi connectivity index (χ1n) is 9.81. The average molecular weight is 564 g/mol. The van der Waals surface area contributed by atoms with Crippen molar-refractivity contribution in [3.8, 4) is 0 Å². The van der Waals surface area contributed by atoms with Crippen LogP contribution in [0.25, 0.3) is 0 Å². The van der Waals surface area contributed by atoms with E-state index in [-0.39, 0.29) is 11.0 Å². The fourth-order valence-electron chi connectivity index (χ4n) is 2.77. The molecule has 1 N–H and O–H groups in total. The number of likely N-dealkylation sites (N-methyl/N-ethyl adjacent to an activating group) is 1. The number of halogens is 13. The van der Waals surface area contributed by atoms with Gasteiger partial charge in [0.2, 0.25) is 0 Å². The lowest BCUT2D eigenvalue weighted by atomic mass is 9.91. The van der Waals surface area contributed by atoms with Gasteiger partial charge in [0, 0.05) is 12.8 Å². The number of carbonyl (C=O) groups is 2. The Morgan fingerprint density at radius 3 is 1.58 bits per heavy atom. The molecular weight excluding hydrogens is 541 g/mol. The van der Waals surface area contributed by atoms with Gasteiger partial charge in [0.1, 0.15) is 6.54 Å². The Kier molecular flexibility index (Phi) is 10.2. The number of carboxylic acid groups (broad SMARTS) is 1. The van der Waals surface area contributed by atoms with Gasteiger partial charge in [-0.25, -0.2) is 0 Å². The van der Waals surface area contributed by atoms with Crippen LogP contribution in [-0.4, -0.2) is 91.1 Å². The van der Waals surface area contributed by atoms with Crippen LogP contribution in [0.2, 0.25) is 0 Å². The molecular formula is C18H23F13NO4+. The largest absolute Gasteiger partial charge is 0.481 e. The second-order valence-corrected chi connectivity index (χ2v) is 8.89. The fraction of sp³-hybridized carbons (Fsp3) is 0.889. The van der Waals surface area contributed by atoms with E-state index < -0.39 is 85.9 Å². The molecule has 18 heteroatoms. The predicted octanol–water partition coefficient (Wildman–Crippen LogP) is 5.38. The minimum Gasteiger partial charge on any atom is -0.481 e. The van der Waals surface area contributed by atoms with Crippen molar-refractivity contribution in [2.45, 2.75) is 74.0 Å². The van der Waals surface area contributed by atoms with Crippen LogP contribution in [-0.2, 0) is 14.3 Å². The molecule has 0 aliphatic carbocycles. The summed E-state index contributed by atoms with van der Waals surface area (Å²) in [7, 11) is 4.78. The normalized spacial score (nSPS) is 15.6. The molecule has 0 radical (unpaired) electrons. The minimum absolute atomic E-state index is 0.0335. The van der Waals surface area contributed by atoms with Gasteiger partial charge in [-0.05, 0) is 12.8 Å². The number of esters is 1. The van der Waals surface area contributed by atoms with Crippen molar-refractivity contribution in [3.05, 3.63) is 0 Å². The molecule has 0 aliphatic heterocycles. The van der Waals surface area contributed by atoms with E-state index in [9.17, 15) is 66.7 Å². The molecule has 0 aliphatic rings. The monoisotopic (exact) mass is 564 g/mol. The summed E-state index contributed by atoms with van der Waals surface area (Å²) >= 11 is 0. The molecule has 0 aromatic rings. The second-order valence-electron chi connectivity index (χ2n) is 8.89. The zero-order valence-corrected chi connectivity index (χ0v) is 18.9. The summed E-state index contributed by atoms with van der Waals surface area (Å²) in [5.41, 5.74) is 0. The number of hydrogen-bond donors (Lipinski definition) is 1. The van der Waals surface area contributed by atoms with Gasteiger partial charge in [0.25, 0.3) is 0 Å². The molecule has 214 valence electrons. The van der Waals surface area contributed by atoms with E-state index in [0.717, 1.165) is 0 Å². The van der Waals surface area contributed by atoms with Crippen molar-refractivity contribution in [1.82, 2.24) is 0 Å². The Bertz CT molecular complexity index is 776. The number of carbonyl (C=O) groups excluding carboxylic acids is 1. The molecule has 0 spiro atoms. The molecule has 36 heavy (non-hydrogen) atoms. The SMILES string of the molecule is C[N+](C)(C)CC(CC(=O)O)OC(=O)CCCCC(F)(F)C(F)(F)C(F)(F)C(F)(F)C(F)(F)C(F)(F)F. The highest BCUT2D eigenvalue weighted by Crippen LogP contribution is 2.60. The molecule has 0 amide bonds. The topological polar surface area (TPSA) is 63.6 Å². The number of carboxylic acids is 1. The smallest absolute Gasteiger partial charge is 0.460 e. The van der Waals surface area contributed by atoms with Crippen LogP contribution in [0, 0.1) is 0 Å². The lowest BCUT2D eigenvalue weighted by Gasteiger charge is -2.39. The van der Waals surface area contributed by atoms with Crippen molar-refractivity contribution in [3.63, 3.8) is 0 Å². The van der Waals surface area contributed by atoms with Crippen LogP contribution in [0.4, 0.5) is 57.1 Å². The van der Waals surface area contributed by atoms with Crippen molar-refractivity contribution >= 4 is 11.9 Å². The van der Waals surface area contributed by atoms with E-state index in [1.54, 1.807) is 21.1 Å². The molecule has 0 saturated carbocycles. The Hall–Kier alpha value is -2.01. The third kappa shape index (κ3) is 7.50. The standard InChI is InChI=1S/C18H22F13NO4/c1-32(2,3)9-10(8-11(33)34)36-12(35)6-4-5-7-13(19,20)14(21,22)15(23,24)16(25,26)17(27,28)18(29,30)31/h10H,4-9H2,1-3H3/p+1. The van der Waals surface area contributed by atoms with E-state index in [4.69, 9.17) is 9.84 Å². The van der Waals surface area contributed by atoms with Crippen molar-refractivity contribution in [2.24, 2.45) is 0 Å². The summed E-state index contributed by atoms with van der Waals surface area (Å²) in [5.74, 6) is -39.8.